The Bertz CT molecular complexity index is 432. The molecule has 0 aromatic heterocycles. The molecule has 0 saturated carbocycles. The van der Waals surface area contributed by atoms with Crippen molar-refractivity contribution < 1.29 is 14.3 Å². The van der Waals surface area contributed by atoms with Crippen molar-refractivity contribution in [2.45, 2.75) is 50.7 Å². The number of rotatable bonds is 2. The fourth-order valence-corrected chi connectivity index (χ4v) is 3.78. The Morgan fingerprint density at radius 1 is 1.24 bits per heavy atom. The highest BCUT2D eigenvalue weighted by molar-refractivity contribution is 5.88. The minimum Gasteiger partial charge on any atom is -0.379 e. The molecule has 6 heteroatoms. The Kier molecular flexibility index (Phi) is 3.92. The smallest absolute Gasteiger partial charge is 0.243 e. The molecule has 3 saturated heterocycles. The molecule has 118 valence electrons. The van der Waals surface area contributed by atoms with Gasteiger partial charge in [-0.1, -0.05) is 0 Å². The van der Waals surface area contributed by atoms with Crippen LogP contribution in [0.5, 0.6) is 0 Å². The summed E-state index contributed by atoms with van der Waals surface area (Å²) in [7, 11) is 0. The van der Waals surface area contributed by atoms with Crippen LogP contribution >= 0.6 is 0 Å². The predicted octanol–water partition coefficient (Wildman–Crippen LogP) is -0.0233. The summed E-state index contributed by atoms with van der Waals surface area (Å²) in [5.74, 6) is 0.234. The third-order valence-electron chi connectivity index (χ3n) is 5.14. The molecule has 2 amide bonds. The van der Waals surface area contributed by atoms with E-state index in [0.29, 0.717) is 26.2 Å². The Labute approximate surface area is 125 Å². The average molecular weight is 295 g/mol. The number of carbonyl (C=O) groups is 2. The van der Waals surface area contributed by atoms with Crippen molar-refractivity contribution in [1.82, 2.24) is 15.1 Å². The summed E-state index contributed by atoms with van der Waals surface area (Å²) in [4.78, 5) is 29.1. The lowest BCUT2D eigenvalue weighted by Gasteiger charge is -2.43. The maximum Gasteiger partial charge on any atom is 0.243 e. The molecule has 21 heavy (non-hydrogen) atoms. The van der Waals surface area contributed by atoms with Crippen molar-refractivity contribution in [3.8, 4) is 0 Å². The third kappa shape index (κ3) is 2.66. The van der Waals surface area contributed by atoms with Gasteiger partial charge in [-0.2, -0.15) is 0 Å². The molecule has 3 aliphatic rings. The van der Waals surface area contributed by atoms with Crippen molar-refractivity contribution in [1.29, 1.82) is 0 Å². The van der Waals surface area contributed by atoms with Crippen LogP contribution in [0.3, 0.4) is 0 Å². The first-order chi connectivity index (χ1) is 10.00. The lowest BCUT2D eigenvalue weighted by Crippen LogP contribution is -2.61. The molecule has 0 spiro atoms. The standard InChI is InChI=1S/C15H25N3O3/c1-15(2,17-5-7-21-8-6-17)14(20)18-11-3-4-12(18)10-16-13(19)9-11/h11-12H,3-10H2,1-2H3,(H,16,19). The minimum atomic E-state index is -0.530. The Balaban J connectivity index is 1.78. The van der Waals surface area contributed by atoms with Crippen LogP contribution in [0.2, 0.25) is 0 Å². The first-order valence-corrected chi connectivity index (χ1v) is 7.92. The lowest BCUT2D eigenvalue weighted by atomic mass is 9.98. The van der Waals surface area contributed by atoms with Gasteiger partial charge in [-0.15, -0.1) is 0 Å². The van der Waals surface area contributed by atoms with E-state index in [4.69, 9.17) is 4.74 Å². The highest BCUT2D eigenvalue weighted by Crippen LogP contribution is 2.32. The Morgan fingerprint density at radius 3 is 2.62 bits per heavy atom. The number of hydrogen-bond acceptors (Lipinski definition) is 4. The highest BCUT2D eigenvalue weighted by atomic mass is 16.5. The molecular weight excluding hydrogens is 270 g/mol. The fraction of sp³-hybridized carbons (Fsp3) is 0.867. The molecule has 3 heterocycles. The van der Waals surface area contributed by atoms with Crippen molar-refractivity contribution in [3.63, 3.8) is 0 Å². The van der Waals surface area contributed by atoms with E-state index in [1.807, 2.05) is 18.7 Å². The van der Waals surface area contributed by atoms with Gasteiger partial charge >= 0.3 is 0 Å². The van der Waals surface area contributed by atoms with Crippen LogP contribution in [0.15, 0.2) is 0 Å². The lowest BCUT2D eigenvalue weighted by molar-refractivity contribution is -0.148. The fourth-order valence-electron chi connectivity index (χ4n) is 3.78. The number of nitrogens with zero attached hydrogens (tertiary/aromatic N) is 2. The second kappa shape index (κ2) is 5.57. The van der Waals surface area contributed by atoms with E-state index in [-0.39, 0.29) is 23.9 Å². The molecular formula is C15H25N3O3. The second-order valence-corrected chi connectivity index (χ2v) is 6.76. The maximum atomic E-state index is 13.1. The van der Waals surface area contributed by atoms with Gasteiger partial charge in [-0.3, -0.25) is 14.5 Å². The zero-order valence-corrected chi connectivity index (χ0v) is 12.9. The van der Waals surface area contributed by atoms with E-state index in [2.05, 4.69) is 10.2 Å². The quantitative estimate of drug-likeness (QED) is 0.777. The van der Waals surface area contributed by atoms with E-state index < -0.39 is 5.54 Å². The zero-order valence-electron chi connectivity index (χ0n) is 12.9. The summed E-state index contributed by atoms with van der Waals surface area (Å²) in [6, 6.07) is 0.236. The number of carbonyl (C=O) groups excluding carboxylic acids is 2. The number of hydrogen-bond donors (Lipinski definition) is 1. The monoisotopic (exact) mass is 295 g/mol. The van der Waals surface area contributed by atoms with Crippen molar-refractivity contribution in [2.24, 2.45) is 0 Å². The summed E-state index contributed by atoms with van der Waals surface area (Å²) in [6.45, 7) is 7.55. The normalized spacial score (nSPS) is 31.0. The van der Waals surface area contributed by atoms with Gasteiger partial charge in [0.15, 0.2) is 0 Å². The van der Waals surface area contributed by atoms with Crippen LogP contribution in [0.25, 0.3) is 0 Å². The van der Waals surface area contributed by atoms with E-state index in [0.717, 1.165) is 25.9 Å². The summed E-state index contributed by atoms with van der Waals surface area (Å²) in [5, 5.41) is 2.93. The minimum absolute atomic E-state index is 0.0733. The topological polar surface area (TPSA) is 61.9 Å². The molecule has 3 fully saturated rings. The Hall–Kier alpha value is -1.14. The van der Waals surface area contributed by atoms with Crippen LogP contribution in [0.4, 0.5) is 0 Å². The molecule has 0 radical (unpaired) electrons. The van der Waals surface area contributed by atoms with Crippen LogP contribution in [0.1, 0.15) is 33.1 Å². The summed E-state index contributed by atoms with van der Waals surface area (Å²) in [6.07, 6.45) is 2.39. The van der Waals surface area contributed by atoms with Gasteiger partial charge in [-0.25, -0.2) is 0 Å². The Morgan fingerprint density at radius 2 is 1.90 bits per heavy atom. The molecule has 1 N–H and O–H groups in total. The van der Waals surface area contributed by atoms with Crippen molar-refractivity contribution in [3.05, 3.63) is 0 Å². The zero-order chi connectivity index (χ0) is 15.0. The number of fused-ring (bicyclic) bond motifs is 2. The van der Waals surface area contributed by atoms with E-state index in [1.165, 1.54) is 0 Å². The third-order valence-corrected chi connectivity index (χ3v) is 5.14. The highest BCUT2D eigenvalue weighted by Gasteiger charge is 2.47. The van der Waals surface area contributed by atoms with E-state index in [9.17, 15) is 9.59 Å². The van der Waals surface area contributed by atoms with Gasteiger partial charge in [-0.05, 0) is 26.7 Å². The summed E-state index contributed by atoms with van der Waals surface area (Å²) < 4.78 is 5.39. The molecule has 0 aliphatic carbocycles. The average Bonchev–Trinajstić information content (AvgIpc) is 2.78. The van der Waals surface area contributed by atoms with Gasteiger partial charge in [0, 0.05) is 38.1 Å². The number of ether oxygens (including phenoxy) is 1. The van der Waals surface area contributed by atoms with E-state index >= 15 is 0 Å². The first kappa shape index (κ1) is 14.8. The maximum absolute atomic E-state index is 13.1. The SMILES string of the molecule is CC(C)(C(=O)N1C2CCC1CC(=O)NC2)N1CCOCC1. The van der Waals surface area contributed by atoms with Crippen LogP contribution in [0, 0.1) is 0 Å². The molecule has 0 aromatic rings. The van der Waals surface area contributed by atoms with E-state index in [1.54, 1.807) is 0 Å². The van der Waals surface area contributed by atoms with Crippen LogP contribution in [-0.2, 0) is 14.3 Å². The number of amides is 2. The summed E-state index contributed by atoms with van der Waals surface area (Å²) in [5.41, 5.74) is -0.530. The van der Waals surface area contributed by atoms with Gasteiger partial charge in [0.05, 0.1) is 18.8 Å². The molecule has 3 aliphatic heterocycles. The molecule has 3 rings (SSSR count). The largest absolute Gasteiger partial charge is 0.379 e. The molecule has 2 atom stereocenters. The first-order valence-electron chi connectivity index (χ1n) is 7.92. The van der Waals surface area contributed by atoms with Gasteiger partial charge < -0.3 is 15.0 Å². The van der Waals surface area contributed by atoms with Crippen molar-refractivity contribution >= 4 is 11.8 Å². The van der Waals surface area contributed by atoms with Crippen LogP contribution < -0.4 is 5.32 Å². The predicted molar refractivity (Wildman–Crippen MR) is 77.8 cm³/mol. The van der Waals surface area contributed by atoms with Crippen LogP contribution in [-0.4, -0.2) is 72.1 Å². The second-order valence-electron chi connectivity index (χ2n) is 6.76. The van der Waals surface area contributed by atoms with Gasteiger partial charge in [0.2, 0.25) is 11.8 Å². The molecule has 2 unspecified atom stereocenters. The molecule has 6 nitrogen and oxygen atoms in total. The number of nitrogens with one attached hydrogen (secondary N) is 1. The van der Waals surface area contributed by atoms with Gasteiger partial charge in [0.25, 0.3) is 0 Å². The molecule has 2 bridgehead atoms. The van der Waals surface area contributed by atoms with Gasteiger partial charge in [0.1, 0.15) is 0 Å². The summed E-state index contributed by atoms with van der Waals surface area (Å²) >= 11 is 0. The number of morpholine rings is 1. The molecule has 0 aromatic carbocycles. The van der Waals surface area contributed by atoms with Crippen molar-refractivity contribution in [2.75, 3.05) is 32.8 Å².